The molecule has 3 aromatic rings. The zero-order valence-electron chi connectivity index (χ0n) is 16.1. The van der Waals surface area contributed by atoms with Gasteiger partial charge in [-0.05, 0) is 52.7 Å². The fourth-order valence-corrected chi connectivity index (χ4v) is 3.94. The van der Waals surface area contributed by atoms with Crippen molar-refractivity contribution in [2.24, 2.45) is 0 Å². The molecular weight excluding hydrogens is 368 g/mol. The summed E-state index contributed by atoms with van der Waals surface area (Å²) in [4.78, 5) is 17.1. The van der Waals surface area contributed by atoms with Gasteiger partial charge >= 0.3 is 0 Å². The van der Waals surface area contributed by atoms with Crippen molar-refractivity contribution < 1.29 is 9.53 Å². The van der Waals surface area contributed by atoms with Crippen LogP contribution >= 0.6 is 0 Å². The van der Waals surface area contributed by atoms with Crippen LogP contribution in [0.25, 0.3) is 5.69 Å². The third-order valence-corrected chi connectivity index (χ3v) is 5.46. The van der Waals surface area contributed by atoms with Crippen LogP contribution < -0.4 is 9.64 Å². The number of hydrogen-bond acceptors (Lipinski definition) is 6. The summed E-state index contributed by atoms with van der Waals surface area (Å²) in [5.41, 5.74) is 2.77. The second-order valence-corrected chi connectivity index (χ2v) is 7.28. The van der Waals surface area contributed by atoms with Crippen LogP contribution in [0.5, 0.6) is 5.75 Å². The Labute approximate surface area is 168 Å². The number of ether oxygens (including phenoxy) is 1. The lowest BCUT2D eigenvalue weighted by atomic mass is 10.1. The molecule has 0 bridgehead atoms. The Balaban J connectivity index is 1.31. The van der Waals surface area contributed by atoms with Gasteiger partial charge in [-0.15, -0.1) is 0 Å². The lowest BCUT2D eigenvalue weighted by Gasteiger charge is -2.22. The largest absolute Gasteiger partial charge is 0.493 e. The Morgan fingerprint density at radius 2 is 1.90 bits per heavy atom. The lowest BCUT2D eigenvalue weighted by molar-refractivity contribution is 0.0767. The summed E-state index contributed by atoms with van der Waals surface area (Å²) in [6.45, 7) is 3.54. The Morgan fingerprint density at radius 1 is 1.00 bits per heavy atom. The van der Waals surface area contributed by atoms with E-state index in [2.05, 4.69) is 20.4 Å². The van der Waals surface area contributed by atoms with Crippen LogP contribution in [0, 0.1) is 0 Å². The Hall–Kier alpha value is -3.42. The molecule has 29 heavy (non-hydrogen) atoms. The van der Waals surface area contributed by atoms with Gasteiger partial charge < -0.3 is 14.5 Å². The van der Waals surface area contributed by atoms with E-state index in [1.54, 1.807) is 4.68 Å². The zero-order chi connectivity index (χ0) is 19.6. The monoisotopic (exact) mass is 390 g/mol. The maximum absolute atomic E-state index is 13.1. The van der Waals surface area contributed by atoms with Crippen molar-refractivity contribution in [2.75, 3.05) is 37.7 Å². The van der Waals surface area contributed by atoms with Crippen molar-refractivity contribution in [2.45, 2.75) is 12.8 Å². The summed E-state index contributed by atoms with van der Waals surface area (Å²) in [6.07, 6.45) is 1.73. The van der Waals surface area contributed by atoms with Gasteiger partial charge in [-0.1, -0.05) is 23.3 Å². The molecule has 8 nitrogen and oxygen atoms in total. The highest BCUT2D eigenvalue weighted by Crippen LogP contribution is 2.26. The second-order valence-electron chi connectivity index (χ2n) is 7.28. The van der Waals surface area contributed by atoms with Gasteiger partial charge in [0.2, 0.25) is 5.95 Å². The lowest BCUT2D eigenvalue weighted by Crippen LogP contribution is -2.35. The smallest absolute Gasteiger partial charge is 0.253 e. The molecule has 0 spiro atoms. The molecular formula is C21H22N6O2. The third kappa shape index (κ3) is 3.41. The molecule has 0 radical (unpaired) electrons. The zero-order valence-corrected chi connectivity index (χ0v) is 16.1. The molecule has 148 valence electrons. The van der Waals surface area contributed by atoms with Gasteiger partial charge in [0.15, 0.2) is 0 Å². The van der Waals surface area contributed by atoms with Crippen LogP contribution in [0.1, 0.15) is 22.3 Å². The molecule has 1 amide bonds. The summed E-state index contributed by atoms with van der Waals surface area (Å²) in [5.74, 6) is 1.68. The van der Waals surface area contributed by atoms with Gasteiger partial charge in [-0.25, -0.2) is 0 Å². The first-order valence-corrected chi connectivity index (χ1v) is 9.93. The number of aromatic nitrogens is 4. The predicted molar refractivity (Wildman–Crippen MR) is 108 cm³/mol. The molecule has 2 aromatic carbocycles. The number of rotatable bonds is 3. The summed E-state index contributed by atoms with van der Waals surface area (Å²) in [6, 6.07) is 15.6. The summed E-state index contributed by atoms with van der Waals surface area (Å²) in [5, 5.41) is 12.3. The summed E-state index contributed by atoms with van der Waals surface area (Å²) in [7, 11) is 0. The van der Waals surface area contributed by atoms with E-state index in [-0.39, 0.29) is 5.91 Å². The van der Waals surface area contributed by atoms with Crippen molar-refractivity contribution in [3.05, 3.63) is 59.7 Å². The van der Waals surface area contributed by atoms with E-state index >= 15 is 0 Å². The highest BCUT2D eigenvalue weighted by Gasteiger charge is 2.24. The van der Waals surface area contributed by atoms with Crippen LogP contribution in [-0.2, 0) is 6.42 Å². The van der Waals surface area contributed by atoms with Crippen LogP contribution in [0.3, 0.4) is 0 Å². The molecule has 2 aliphatic heterocycles. The van der Waals surface area contributed by atoms with Crippen LogP contribution in [0.2, 0.25) is 0 Å². The van der Waals surface area contributed by atoms with Crippen LogP contribution in [0.15, 0.2) is 48.5 Å². The molecule has 1 saturated heterocycles. The Bertz CT molecular complexity index is 1020. The maximum Gasteiger partial charge on any atom is 0.253 e. The van der Waals surface area contributed by atoms with E-state index < -0.39 is 0 Å². The number of para-hydroxylation sites is 1. The standard InChI is InChI=1S/C21H22N6O2/c28-20(17-7-8-19-16(15-17)9-14-29-19)25-10-4-11-26(13-12-25)21-22-23-24-27(21)18-5-2-1-3-6-18/h1-3,5-8,15H,4,9-14H2. The topological polar surface area (TPSA) is 76.4 Å². The van der Waals surface area contributed by atoms with E-state index in [0.717, 1.165) is 48.5 Å². The maximum atomic E-state index is 13.1. The number of carbonyl (C=O) groups excluding carboxylic acids is 1. The molecule has 8 heteroatoms. The average Bonchev–Trinajstić information content (AvgIpc) is 3.38. The molecule has 0 N–H and O–H groups in total. The van der Waals surface area contributed by atoms with Gasteiger partial charge in [-0.3, -0.25) is 4.79 Å². The fourth-order valence-electron chi connectivity index (χ4n) is 3.94. The van der Waals surface area contributed by atoms with E-state index in [0.29, 0.717) is 25.6 Å². The minimum absolute atomic E-state index is 0.0733. The van der Waals surface area contributed by atoms with Gasteiger partial charge in [0, 0.05) is 38.2 Å². The number of carbonyl (C=O) groups is 1. The summed E-state index contributed by atoms with van der Waals surface area (Å²) >= 11 is 0. The minimum Gasteiger partial charge on any atom is -0.493 e. The van der Waals surface area contributed by atoms with E-state index in [1.807, 2.05) is 53.4 Å². The van der Waals surface area contributed by atoms with Crippen LogP contribution in [0.4, 0.5) is 5.95 Å². The molecule has 1 fully saturated rings. The van der Waals surface area contributed by atoms with Gasteiger partial charge in [0.25, 0.3) is 5.91 Å². The number of tetrazole rings is 1. The van der Waals surface area contributed by atoms with Crippen molar-refractivity contribution in [3.8, 4) is 11.4 Å². The molecule has 5 rings (SSSR count). The highest BCUT2D eigenvalue weighted by molar-refractivity contribution is 5.94. The Kier molecular flexibility index (Phi) is 4.59. The van der Waals surface area contributed by atoms with Crippen LogP contribution in [-0.4, -0.2) is 63.8 Å². The third-order valence-electron chi connectivity index (χ3n) is 5.46. The average molecular weight is 390 g/mol. The first-order chi connectivity index (χ1) is 14.3. The number of benzene rings is 2. The summed E-state index contributed by atoms with van der Waals surface area (Å²) < 4.78 is 7.30. The normalized spacial score (nSPS) is 16.3. The number of fused-ring (bicyclic) bond motifs is 1. The number of amides is 1. The molecule has 1 aromatic heterocycles. The SMILES string of the molecule is O=C(c1ccc2c(c1)CCO2)N1CCCN(c2nnnn2-c2ccccc2)CC1. The Morgan fingerprint density at radius 3 is 2.79 bits per heavy atom. The number of nitrogens with zero attached hydrogens (tertiary/aromatic N) is 6. The van der Waals surface area contributed by atoms with Gasteiger partial charge in [0.05, 0.1) is 12.3 Å². The molecule has 0 unspecified atom stereocenters. The minimum atomic E-state index is 0.0733. The molecule has 0 saturated carbocycles. The highest BCUT2D eigenvalue weighted by atomic mass is 16.5. The van der Waals surface area contributed by atoms with Gasteiger partial charge in [0.1, 0.15) is 5.75 Å². The number of hydrogen-bond donors (Lipinski definition) is 0. The van der Waals surface area contributed by atoms with Crippen molar-refractivity contribution in [1.82, 2.24) is 25.1 Å². The molecule has 0 aliphatic carbocycles. The van der Waals surface area contributed by atoms with Crippen molar-refractivity contribution in [3.63, 3.8) is 0 Å². The van der Waals surface area contributed by atoms with E-state index in [1.165, 1.54) is 0 Å². The first kappa shape index (κ1) is 17.7. The van der Waals surface area contributed by atoms with Crippen molar-refractivity contribution in [1.29, 1.82) is 0 Å². The van der Waals surface area contributed by atoms with E-state index in [9.17, 15) is 4.79 Å². The predicted octanol–water partition coefficient (Wildman–Crippen LogP) is 1.95. The molecule has 2 aliphatic rings. The quantitative estimate of drug-likeness (QED) is 0.680. The second kappa shape index (κ2) is 7.54. The van der Waals surface area contributed by atoms with Crippen molar-refractivity contribution >= 4 is 11.9 Å². The fraction of sp³-hybridized carbons (Fsp3) is 0.333. The first-order valence-electron chi connectivity index (χ1n) is 9.93. The van der Waals surface area contributed by atoms with Gasteiger partial charge in [-0.2, -0.15) is 4.68 Å². The molecule has 3 heterocycles. The number of anilines is 1. The molecule has 0 atom stereocenters. The van der Waals surface area contributed by atoms with E-state index in [4.69, 9.17) is 4.74 Å².